The van der Waals surface area contributed by atoms with Gasteiger partial charge in [0.15, 0.2) is 0 Å². The van der Waals surface area contributed by atoms with E-state index in [9.17, 15) is 4.79 Å². The van der Waals surface area contributed by atoms with Gasteiger partial charge in [-0.05, 0) is 68.2 Å². The maximum atomic E-state index is 12.2. The van der Waals surface area contributed by atoms with E-state index in [2.05, 4.69) is 24.9 Å². The van der Waals surface area contributed by atoms with Crippen LogP contribution >= 0.6 is 12.6 Å². The zero-order valence-electron chi connectivity index (χ0n) is 11.3. The fraction of sp³-hybridized carbons (Fsp3) is 0.562. The number of nitrogens with one attached hydrogen (secondary N) is 1. The lowest BCUT2D eigenvalue weighted by molar-refractivity contribution is 0.0915. The number of hydrogen-bond donors (Lipinski definition) is 2. The van der Waals surface area contributed by atoms with Gasteiger partial charge in [0.05, 0.1) is 0 Å². The molecule has 0 aromatic heterocycles. The van der Waals surface area contributed by atoms with Crippen molar-refractivity contribution in [2.24, 2.45) is 17.8 Å². The van der Waals surface area contributed by atoms with Crippen LogP contribution in [0.2, 0.25) is 0 Å². The molecule has 0 spiro atoms. The van der Waals surface area contributed by atoms with Crippen molar-refractivity contribution in [2.75, 3.05) is 0 Å². The van der Waals surface area contributed by atoms with E-state index >= 15 is 0 Å². The fourth-order valence-electron chi connectivity index (χ4n) is 3.92. The SMILES string of the molecule is CC(NC(=O)c1ccc(S)cc1)C1CC2CCC1C2. The zero-order valence-corrected chi connectivity index (χ0v) is 12.2. The Morgan fingerprint density at radius 2 is 2.00 bits per heavy atom. The minimum absolute atomic E-state index is 0.0450. The molecule has 102 valence electrons. The molecule has 0 radical (unpaired) electrons. The van der Waals surface area contributed by atoms with Crippen molar-refractivity contribution in [1.82, 2.24) is 5.32 Å². The van der Waals surface area contributed by atoms with Crippen LogP contribution in [0.25, 0.3) is 0 Å². The van der Waals surface area contributed by atoms with Crippen molar-refractivity contribution in [1.29, 1.82) is 0 Å². The van der Waals surface area contributed by atoms with Crippen LogP contribution < -0.4 is 5.32 Å². The number of carbonyl (C=O) groups excluding carboxylic acids is 1. The lowest BCUT2D eigenvalue weighted by Crippen LogP contribution is -2.40. The second-order valence-electron chi connectivity index (χ2n) is 6.15. The highest BCUT2D eigenvalue weighted by Crippen LogP contribution is 2.49. The number of amides is 1. The number of hydrogen-bond acceptors (Lipinski definition) is 2. The molecule has 2 fully saturated rings. The zero-order chi connectivity index (χ0) is 13.4. The van der Waals surface area contributed by atoms with E-state index in [1.807, 2.05) is 24.3 Å². The predicted octanol–water partition coefficient (Wildman–Crippen LogP) is 3.53. The van der Waals surface area contributed by atoms with Crippen LogP contribution in [0, 0.1) is 17.8 Å². The molecule has 1 aromatic rings. The Kier molecular flexibility index (Phi) is 3.57. The first-order valence-electron chi connectivity index (χ1n) is 7.23. The average molecular weight is 275 g/mol. The average Bonchev–Trinajstić information content (AvgIpc) is 3.01. The summed E-state index contributed by atoms with van der Waals surface area (Å²) >= 11 is 4.24. The topological polar surface area (TPSA) is 29.1 Å². The Morgan fingerprint density at radius 3 is 2.58 bits per heavy atom. The summed E-state index contributed by atoms with van der Waals surface area (Å²) < 4.78 is 0. The summed E-state index contributed by atoms with van der Waals surface area (Å²) in [5.74, 6) is 2.51. The largest absolute Gasteiger partial charge is 0.349 e. The number of thiol groups is 1. The lowest BCUT2D eigenvalue weighted by atomic mass is 9.84. The second-order valence-corrected chi connectivity index (χ2v) is 6.66. The van der Waals surface area contributed by atoms with Crippen molar-refractivity contribution in [3.05, 3.63) is 29.8 Å². The Bertz CT molecular complexity index is 470. The summed E-state index contributed by atoms with van der Waals surface area (Å²) in [5.41, 5.74) is 0.729. The minimum atomic E-state index is 0.0450. The molecule has 4 unspecified atom stereocenters. The summed E-state index contributed by atoms with van der Waals surface area (Å²) in [6.07, 6.45) is 5.47. The Labute approximate surface area is 120 Å². The van der Waals surface area contributed by atoms with E-state index in [-0.39, 0.29) is 5.91 Å². The monoisotopic (exact) mass is 275 g/mol. The molecule has 0 heterocycles. The van der Waals surface area contributed by atoms with E-state index in [4.69, 9.17) is 0 Å². The molecular formula is C16H21NOS. The van der Waals surface area contributed by atoms with Crippen LogP contribution in [-0.4, -0.2) is 11.9 Å². The van der Waals surface area contributed by atoms with E-state index in [0.717, 1.165) is 22.3 Å². The molecule has 2 aliphatic rings. The molecule has 1 aromatic carbocycles. The molecule has 2 bridgehead atoms. The Hall–Kier alpha value is -0.960. The highest BCUT2D eigenvalue weighted by atomic mass is 32.1. The van der Waals surface area contributed by atoms with Crippen molar-refractivity contribution >= 4 is 18.5 Å². The van der Waals surface area contributed by atoms with E-state index in [1.165, 1.54) is 25.7 Å². The highest BCUT2D eigenvalue weighted by molar-refractivity contribution is 7.80. The van der Waals surface area contributed by atoms with Gasteiger partial charge in [0.1, 0.15) is 0 Å². The lowest BCUT2D eigenvalue weighted by Gasteiger charge is -2.28. The summed E-state index contributed by atoms with van der Waals surface area (Å²) in [5, 5.41) is 3.18. The first kappa shape index (κ1) is 13.0. The van der Waals surface area contributed by atoms with Crippen molar-refractivity contribution in [3.8, 4) is 0 Å². The maximum Gasteiger partial charge on any atom is 0.251 e. The first-order valence-corrected chi connectivity index (χ1v) is 7.68. The second kappa shape index (κ2) is 5.20. The van der Waals surface area contributed by atoms with Crippen LogP contribution in [0.3, 0.4) is 0 Å². The number of carbonyl (C=O) groups is 1. The van der Waals surface area contributed by atoms with Crippen molar-refractivity contribution < 1.29 is 4.79 Å². The van der Waals surface area contributed by atoms with Gasteiger partial charge in [-0.25, -0.2) is 0 Å². The third kappa shape index (κ3) is 2.66. The first-order chi connectivity index (χ1) is 9.13. The summed E-state index contributed by atoms with van der Waals surface area (Å²) in [4.78, 5) is 13.1. The summed E-state index contributed by atoms with van der Waals surface area (Å²) in [6, 6.07) is 7.69. The Balaban J connectivity index is 1.61. The van der Waals surface area contributed by atoms with E-state index in [1.54, 1.807) is 0 Å². The number of rotatable bonds is 3. The molecule has 0 saturated heterocycles. The number of benzene rings is 1. The molecule has 2 nitrogen and oxygen atoms in total. The van der Waals surface area contributed by atoms with Gasteiger partial charge in [-0.15, -0.1) is 12.6 Å². The maximum absolute atomic E-state index is 12.2. The quantitative estimate of drug-likeness (QED) is 0.812. The van der Waals surface area contributed by atoms with Crippen LogP contribution in [0.1, 0.15) is 43.0 Å². The van der Waals surface area contributed by atoms with Gasteiger partial charge in [0.2, 0.25) is 0 Å². The molecule has 1 N–H and O–H groups in total. The van der Waals surface area contributed by atoms with Crippen LogP contribution in [0.15, 0.2) is 29.2 Å². The van der Waals surface area contributed by atoms with Gasteiger partial charge in [0, 0.05) is 16.5 Å². The fourth-order valence-corrected chi connectivity index (χ4v) is 4.07. The molecule has 2 aliphatic carbocycles. The normalized spacial score (nSPS) is 30.3. The van der Waals surface area contributed by atoms with E-state index < -0.39 is 0 Å². The van der Waals surface area contributed by atoms with Crippen molar-refractivity contribution in [3.63, 3.8) is 0 Å². The van der Waals surface area contributed by atoms with Gasteiger partial charge >= 0.3 is 0 Å². The standard InChI is InChI=1S/C16H21NOS/c1-10(15-9-11-2-3-13(15)8-11)17-16(18)12-4-6-14(19)7-5-12/h4-7,10-11,13,15,19H,2-3,8-9H2,1H3,(H,17,18). The number of fused-ring (bicyclic) bond motifs is 2. The molecular weight excluding hydrogens is 254 g/mol. The predicted molar refractivity (Wildman–Crippen MR) is 79.6 cm³/mol. The molecule has 3 heteroatoms. The minimum Gasteiger partial charge on any atom is -0.349 e. The highest BCUT2D eigenvalue weighted by Gasteiger charge is 2.42. The van der Waals surface area contributed by atoms with Crippen LogP contribution in [0.4, 0.5) is 0 Å². The van der Waals surface area contributed by atoms with Crippen molar-refractivity contribution in [2.45, 2.75) is 43.5 Å². The summed E-state index contributed by atoms with van der Waals surface area (Å²) in [7, 11) is 0. The third-order valence-electron chi connectivity index (χ3n) is 4.92. The molecule has 4 atom stereocenters. The molecule has 19 heavy (non-hydrogen) atoms. The van der Waals surface area contributed by atoms with Gasteiger partial charge < -0.3 is 5.32 Å². The molecule has 1 amide bonds. The molecule has 3 rings (SSSR count). The van der Waals surface area contributed by atoms with Crippen LogP contribution in [-0.2, 0) is 0 Å². The van der Waals surface area contributed by atoms with Gasteiger partial charge in [-0.2, -0.15) is 0 Å². The summed E-state index contributed by atoms with van der Waals surface area (Å²) in [6.45, 7) is 2.16. The molecule has 0 aliphatic heterocycles. The third-order valence-corrected chi connectivity index (χ3v) is 5.22. The van der Waals surface area contributed by atoms with Gasteiger partial charge in [0.25, 0.3) is 5.91 Å². The van der Waals surface area contributed by atoms with Gasteiger partial charge in [-0.3, -0.25) is 4.79 Å². The van der Waals surface area contributed by atoms with Gasteiger partial charge in [-0.1, -0.05) is 6.42 Å². The van der Waals surface area contributed by atoms with E-state index in [0.29, 0.717) is 12.0 Å². The molecule has 2 saturated carbocycles. The Morgan fingerprint density at radius 1 is 1.26 bits per heavy atom. The smallest absolute Gasteiger partial charge is 0.251 e. The van der Waals surface area contributed by atoms with Crippen LogP contribution in [0.5, 0.6) is 0 Å².